The minimum Gasteiger partial charge on any atom is -0.462 e. The highest BCUT2D eigenvalue weighted by Crippen LogP contribution is 2.16. The maximum Gasteiger partial charge on any atom is 0.306 e. The maximum atomic E-state index is 12.8. The van der Waals surface area contributed by atoms with Crippen molar-refractivity contribution in [3.63, 3.8) is 0 Å². The lowest BCUT2D eigenvalue weighted by atomic mass is 10.0. The average Bonchev–Trinajstić information content (AvgIpc) is 3.30. The van der Waals surface area contributed by atoms with Crippen LogP contribution in [0.3, 0.4) is 0 Å². The van der Waals surface area contributed by atoms with Crippen LogP contribution in [0.5, 0.6) is 0 Å². The molecule has 6 heteroatoms. The summed E-state index contributed by atoms with van der Waals surface area (Å²) >= 11 is 0. The maximum absolute atomic E-state index is 12.8. The highest BCUT2D eigenvalue weighted by atomic mass is 16.6. The Labute approximate surface area is 404 Å². The predicted octanol–water partition coefficient (Wildman–Crippen LogP) is 18.9. The molecule has 6 nitrogen and oxygen atoms in total. The van der Waals surface area contributed by atoms with Gasteiger partial charge in [0.2, 0.25) is 0 Å². The molecular formula is C59H108O6. The summed E-state index contributed by atoms with van der Waals surface area (Å²) in [6.45, 7) is 6.60. The van der Waals surface area contributed by atoms with Gasteiger partial charge < -0.3 is 14.2 Å². The van der Waals surface area contributed by atoms with Crippen LogP contribution in [0, 0.1) is 0 Å². The Balaban J connectivity index is 4.30. The Hall–Kier alpha value is -2.37. The van der Waals surface area contributed by atoms with E-state index in [0.29, 0.717) is 19.3 Å². The van der Waals surface area contributed by atoms with Crippen molar-refractivity contribution in [3.05, 3.63) is 36.5 Å². The van der Waals surface area contributed by atoms with Crippen molar-refractivity contribution in [2.75, 3.05) is 13.2 Å². The quantitative estimate of drug-likeness (QED) is 0.0262. The molecule has 380 valence electrons. The number of rotatable bonds is 52. The van der Waals surface area contributed by atoms with Gasteiger partial charge in [0, 0.05) is 19.3 Å². The molecule has 0 rings (SSSR count). The van der Waals surface area contributed by atoms with Crippen molar-refractivity contribution in [1.29, 1.82) is 0 Å². The van der Waals surface area contributed by atoms with Crippen LogP contribution in [0.25, 0.3) is 0 Å². The fourth-order valence-electron chi connectivity index (χ4n) is 8.28. The SMILES string of the molecule is CCCC/C=C\CCCCCCCC(=O)OC[C@@H](COC(=O)CCCCCCCCCCC/C=C\C/C=C\CCCCC)OC(=O)CCCCCCCCCCCCCCCCCCC. The van der Waals surface area contributed by atoms with Crippen LogP contribution in [0.1, 0.15) is 303 Å². The van der Waals surface area contributed by atoms with E-state index < -0.39 is 6.10 Å². The fraction of sp³-hybridized carbons (Fsp3) is 0.847. The van der Waals surface area contributed by atoms with Crippen LogP contribution in [-0.2, 0) is 28.6 Å². The van der Waals surface area contributed by atoms with Gasteiger partial charge in [-0.2, -0.15) is 0 Å². The Morgan fingerprint density at radius 2 is 0.569 bits per heavy atom. The van der Waals surface area contributed by atoms with E-state index in [1.165, 1.54) is 193 Å². The monoisotopic (exact) mass is 913 g/mol. The molecule has 0 saturated carbocycles. The molecule has 0 N–H and O–H groups in total. The number of unbranched alkanes of at least 4 members (excludes halogenated alkanes) is 35. The van der Waals surface area contributed by atoms with E-state index in [1.807, 2.05) is 0 Å². The van der Waals surface area contributed by atoms with Gasteiger partial charge in [-0.15, -0.1) is 0 Å². The van der Waals surface area contributed by atoms with E-state index in [-0.39, 0.29) is 31.1 Å². The van der Waals surface area contributed by atoms with Gasteiger partial charge >= 0.3 is 17.9 Å². The first-order valence-electron chi connectivity index (χ1n) is 28.5. The molecule has 0 heterocycles. The standard InChI is InChI=1S/C59H108O6/c1-4-7-10-13-16-19-22-24-26-28-29-31-32-34-37-40-43-46-49-52-58(61)64-55-56(54-63-57(60)51-48-45-42-39-36-21-18-15-12-9-6-3)65-59(62)53-50-47-44-41-38-35-33-30-27-25-23-20-17-14-11-8-5-2/h15-16,18-19,24,26,56H,4-14,17,20-23,25,27-55H2,1-3H3/b18-15-,19-16-,26-24-/t56-/m0/s1. The topological polar surface area (TPSA) is 78.9 Å². The molecule has 0 aliphatic carbocycles. The molecule has 0 aliphatic heterocycles. The second-order valence-corrected chi connectivity index (χ2v) is 19.2. The van der Waals surface area contributed by atoms with Crippen LogP contribution in [0.2, 0.25) is 0 Å². The van der Waals surface area contributed by atoms with Crippen molar-refractivity contribution < 1.29 is 28.6 Å². The highest BCUT2D eigenvalue weighted by Gasteiger charge is 2.19. The predicted molar refractivity (Wildman–Crippen MR) is 279 cm³/mol. The van der Waals surface area contributed by atoms with Crippen molar-refractivity contribution in [2.45, 2.75) is 309 Å². The summed E-state index contributed by atoms with van der Waals surface area (Å²) in [5.41, 5.74) is 0. The smallest absolute Gasteiger partial charge is 0.306 e. The lowest BCUT2D eigenvalue weighted by molar-refractivity contribution is -0.167. The van der Waals surface area contributed by atoms with Crippen LogP contribution < -0.4 is 0 Å². The molecular weight excluding hydrogens is 805 g/mol. The Morgan fingerprint density at radius 1 is 0.308 bits per heavy atom. The third-order valence-electron chi connectivity index (χ3n) is 12.6. The normalized spacial score (nSPS) is 12.2. The van der Waals surface area contributed by atoms with Crippen LogP contribution in [0.15, 0.2) is 36.5 Å². The van der Waals surface area contributed by atoms with Crippen molar-refractivity contribution in [3.8, 4) is 0 Å². The third kappa shape index (κ3) is 52.5. The number of ether oxygens (including phenoxy) is 3. The van der Waals surface area contributed by atoms with Crippen LogP contribution in [-0.4, -0.2) is 37.2 Å². The summed E-state index contributed by atoms with van der Waals surface area (Å²) in [6, 6.07) is 0. The van der Waals surface area contributed by atoms with Crippen molar-refractivity contribution in [1.82, 2.24) is 0 Å². The van der Waals surface area contributed by atoms with Gasteiger partial charge in [0.15, 0.2) is 6.10 Å². The first-order valence-corrected chi connectivity index (χ1v) is 28.5. The largest absolute Gasteiger partial charge is 0.462 e. The minimum atomic E-state index is -0.773. The molecule has 0 aromatic heterocycles. The minimum absolute atomic E-state index is 0.0737. The number of carbonyl (C=O) groups is 3. The Bertz CT molecular complexity index is 1090. The molecule has 0 fully saturated rings. The summed E-state index contributed by atoms with van der Waals surface area (Å²) in [4.78, 5) is 38.1. The third-order valence-corrected chi connectivity index (χ3v) is 12.6. The van der Waals surface area contributed by atoms with Gasteiger partial charge in [0.1, 0.15) is 13.2 Å². The number of hydrogen-bond donors (Lipinski definition) is 0. The van der Waals surface area contributed by atoms with E-state index in [1.54, 1.807) is 0 Å². The van der Waals surface area contributed by atoms with E-state index in [2.05, 4.69) is 57.2 Å². The zero-order valence-electron chi connectivity index (χ0n) is 43.5. The molecule has 0 aromatic rings. The summed E-state index contributed by atoms with van der Waals surface area (Å²) in [7, 11) is 0. The molecule has 0 bridgehead atoms. The van der Waals surface area contributed by atoms with Crippen LogP contribution in [0.4, 0.5) is 0 Å². The number of allylic oxidation sites excluding steroid dienone is 6. The number of hydrogen-bond acceptors (Lipinski definition) is 6. The lowest BCUT2D eigenvalue weighted by Gasteiger charge is -2.18. The first-order chi connectivity index (χ1) is 32.0. The Morgan fingerprint density at radius 3 is 0.938 bits per heavy atom. The zero-order chi connectivity index (χ0) is 47.2. The summed E-state index contributed by atoms with van der Waals surface area (Å²) in [6.07, 6.45) is 64.2. The highest BCUT2D eigenvalue weighted by molar-refractivity contribution is 5.71. The summed E-state index contributed by atoms with van der Waals surface area (Å²) in [5.74, 6) is -0.871. The van der Waals surface area contributed by atoms with Gasteiger partial charge in [0.25, 0.3) is 0 Å². The van der Waals surface area contributed by atoms with Gasteiger partial charge in [0.05, 0.1) is 0 Å². The molecule has 0 aliphatic rings. The molecule has 0 spiro atoms. The molecule has 0 aromatic carbocycles. The van der Waals surface area contributed by atoms with E-state index in [4.69, 9.17) is 14.2 Å². The summed E-state index contributed by atoms with van der Waals surface area (Å²) in [5, 5.41) is 0. The number of carbonyl (C=O) groups excluding carboxylic acids is 3. The summed E-state index contributed by atoms with van der Waals surface area (Å²) < 4.78 is 16.8. The lowest BCUT2D eigenvalue weighted by Crippen LogP contribution is -2.30. The molecule has 65 heavy (non-hydrogen) atoms. The van der Waals surface area contributed by atoms with Crippen molar-refractivity contribution in [2.24, 2.45) is 0 Å². The first kappa shape index (κ1) is 62.6. The fourth-order valence-corrected chi connectivity index (χ4v) is 8.28. The molecule has 0 amide bonds. The Kier molecular flexibility index (Phi) is 52.3. The van der Waals surface area contributed by atoms with Crippen LogP contribution >= 0.6 is 0 Å². The second kappa shape index (κ2) is 54.2. The zero-order valence-corrected chi connectivity index (χ0v) is 43.5. The van der Waals surface area contributed by atoms with Gasteiger partial charge in [-0.3, -0.25) is 14.4 Å². The second-order valence-electron chi connectivity index (χ2n) is 19.2. The van der Waals surface area contributed by atoms with E-state index in [0.717, 1.165) is 70.6 Å². The van der Waals surface area contributed by atoms with E-state index in [9.17, 15) is 14.4 Å². The average molecular weight is 914 g/mol. The molecule has 0 saturated heterocycles. The van der Waals surface area contributed by atoms with Gasteiger partial charge in [-0.25, -0.2) is 0 Å². The van der Waals surface area contributed by atoms with Gasteiger partial charge in [-0.1, -0.05) is 250 Å². The number of esters is 3. The van der Waals surface area contributed by atoms with Crippen molar-refractivity contribution >= 4 is 17.9 Å². The van der Waals surface area contributed by atoms with Gasteiger partial charge in [-0.05, 0) is 70.6 Å². The van der Waals surface area contributed by atoms with E-state index >= 15 is 0 Å². The molecule has 1 atom stereocenters. The molecule has 0 unspecified atom stereocenters. The molecule has 0 radical (unpaired) electrons.